The number of rotatable bonds is 10. The van der Waals surface area contributed by atoms with Gasteiger partial charge in [-0.3, -0.25) is 4.99 Å². The third-order valence-electron chi connectivity index (χ3n) is 4.54. The number of halogens is 1. The summed E-state index contributed by atoms with van der Waals surface area (Å²) in [6.45, 7) is 9.90. The maximum Gasteiger partial charge on any atom is 0.193 e. The molecule has 1 aromatic rings. The minimum atomic E-state index is 0. The maximum atomic E-state index is 5.74. The number of nitrogens with zero attached hydrogens (tertiary/aromatic N) is 2. The fourth-order valence-corrected chi connectivity index (χ4v) is 3.03. The molecule has 1 aliphatic heterocycles. The predicted molar refractivity (Wildman–Crippen MR) is 125 cm³/mol. The molecule has 0 saturated carbocycles. The van der Waals surface area contributed by atoms with Gasteiger partial charge in [-0.05, 0) is 30.0 Å². The molecule has 1 fully saturated rings. The Labute approximate surface area is 187 Å². The quantitative estimate of drug-likeness (QED) is 0.229. The number of likely N-dealkylation sites (tertiary alicyclic amines) is 1. The van der Waals surface area contributed by atoms with Gasteiger partial charge in [-0.15, -0.1) is 24.0 Å². The molecule has 1 saturated heterocycles. The van der Waals surface area contributed by atoms with Crippen molar-refractivity contribution in [2.75, 3.05) is 53.7 Å². The third kappa shape index (κ3) is 8.96. The van der Waals surface area contributed by atoms with E-state index in [0.29, 0.717) is 25.0 Å². The lowest BCUT2D eigenvalue weighted by Crippen LogP contribution is -2.39. The second-order valence-corrected chi connectivity index (χ2v) is 7.42. The summed E-state index contributed by atoms with van der Waals surface area (Å²) in [5.41, 5.74) is 1.21. The lowest BCUT2D eigenvalue weighted by atomic mass is 10.1. The summed E-state index contributed by atoms with van der Waals surface area (Å²) in [5.74, 6) is 2.96. The zero-order valence-corrected chi connectivity index (χ0v) is 20.0. The first-order valence-electron chi connectivity index (χ1n) is 9.86. The second-order valence-electron chi connectivity index (χ2n) is 7.42. The van der Waals surface area contributed by atoms with E-state index < -0.39 is 0 Å². The maximum absolute atomic E-state index is 5.74. The highest BCUT2D eigenvalue weighted by Gasteiger charge is 2.24. The highest BCUT2D eigenvalue weighted by atomic mass is 127. The van der Waals surface area contributed by atoms with E-state index in [9.17, 15) is 0 Å². The van der Waals surface area contributed by atoms with Gasteiger partial charge in [-0.25, -0.2) is 0 Å². The summed E-state index contributed by atoms with van der Waals surface area (Å²) >= 11 is 0. The molecule has 0 amide bonds. The molecule has 6 nitrogen and oxygen atoms in total. The molecule has 1 aromatic carbocycles. The first-order valence-corrected chi connectivity index (χ1v) is 9.86. The lowest BCUT2D eigenvalue weighted by Gasteiger charge is -2.22. The molecule has 1 heterocycles. The molecule has 1 N–H and O–H groups in total. The van der Waals surface area contributed by atoms with Crippen molar-refractivity contribution in [3.05, 3.63) is 29.8 Å². The molecule has 0 aliphatic carbocycles. The van der Waals surface area contributed by atoms with E-state index >= 15 is 0 Å². The van der Waals surface area contributed by atoms with Crippen molar-refractivity contribution in [1.82, 2.24) is 10.2 Å². The Kier molecular flexibility index (Phi) is 12.5. The van der Waals surface area contributed by atoms with Gasteiger partial charge in [0, 0.05) is 39.7 Å². The molecular formula is C21H36IN3O3. The van der Waals surface area contributed by atoms with E-state index in [1.54, 1.807) is 7.11 Å². The number of hydrogen-bond donors (Lipinski definition) is 1. The number of hydrogen-bond acceptors (Lipinski definition) is 4. The monoisotopic (exact) mass is 505 g/mol. The number of ether oxygens (including phenoxy) is 3. The fraction of sp³-hybridized carbons (Fsp3) is 0.667. The zero-order valence-electron chi connectivity index (χ0n) is 17.6. The summed E-state index contributed by atoms with van der Waals surface area (Å²) in [4.78, 5) is 6.75. The van der Waals surface area contributed by atoms with Crippen LogP contribution in [-0.4, -0.2) is 64.5 Å². The van der Waals surface area contributed by atoms with Crippen LogP contribution in [0.1, 0.15) is 25.8 Å². The third-order valence-corrected chi connectivity index (χ3v) is 4.54. The molecule has 0 radical (unpaired) electrons. The minimum absolute atomic E-state index is 0. The van der Waals surface area contributed by atoms with Crippen molar-refractivity contribution in [3.63, 3.8) is 0 Å². The average Bonchev–Trinajstić information content (AvgIpc) is 3.14. The van der Waals surface area contributed by atoms with E-state index in [2.05, 4.69) is 41.2 Å². The Bertz CT molecular complexity index is 567. The van der Waals surface area contributed by atoms with Crippen molar-refractivity contribution in [2.45, 2.75) is 26.8 Å². The van der Waals surface area contributed by atoms with Crippen LogP contribution in [0.5, 0.6) is 5.75 Å². The van der Waals surface area contributed by atoms with Gasteiger partial charge in [0.05, 0.1) is 26.4 Å². The highest BCUT2D eigenvalue weighted by Crippen LogP contribution is 2.17. The number of benzene rings is 1. The molecule has 1 unspecified atom stereocenters. The van der Waals surface area contributed by atoms with Gasteiger partial charge >= 0.3 is 0 Å². The molecule has 0 bridgehead atoms. The van der Waals surface area contributed by atoms with E-state index in [1.165, 1.54) is 5.56 Å². The zero-order chi connectivity index (χ0) is 19.5. The summed E-state index contributed by atoms with van der Waals surface area (Å²) in [5, 5.41) is 3.47. The van der Waals surface area contributed by atoms with Crippen LogP contribution in [0, 0.1) is 11.8 Å². The van der Waals surface area contributed by atoms with E-state index in [1.807, 2.05) is 19.2 Å². The largest absolute Gasteiger partial charge is 0.493 e. The van der Waals surface area contributed by atoms with Gasteiger partial charge < -0.3 is 24.4 Å². The van der Waals surface area contributed by atoms with E-state index in [4.69, 9.17) is 14.2 Å². The van der Waals surface area contributed by atoms with Crippen molar-refractivity contribution in [2.24, 2.45) is 16.8 Å². The van der Waals surface area contributed by atoms with Crippen LogP contribution >= 0.6 is 24.0 Å². The van der Waals surface area contributed by atoms with Gasteiger partial charge in [-0.2, -0.15) is 0 Å². The van der Waals surface area contributed by atoms with Gasteiger partial charge in [0.2, 0.25) is 0 Å². The molecule has 1 atom stereocenters. The molecule has 160 valence electrons. The van der Waals surface area contributed by atoms with Gasteiger partial charge in [0.1, 0.15) is 5.75 Å². The van der Waals surface area contributed by atoms with Gasteiger partial charge in [0.15, 0.2) is 5.96 Å². The minimum Gasteiger partial charge on any atom is -0.493 e. The van der Waals surface area contributed by atoms with Crippen LogP contribution < -0.4 is 10.1 Å². The standard InChI is InChI=1S/C21H35N3O3.HI/c1-17(2)15-27-20-7-5-18(6-8-20)13-23-21(22-3)24-10-9-19(14-24)16-26-12-11-25-4;/h5-8,17,19H,9-16H2,1-4H3,(H,22,23);1H. The predicted octanol–water partition coefficient (Wildman–Crippen LogP) is 3.40. The molecular weight excluding hydrogens is 469 g/mol. The smallest absolute Gasteiger partial charge is 0.193 e. The Morgan fingerprint density at radius 3 is 2.64 bits per heavy atom. The summed E-state index contributed by atoms with van der Waals surface area (Å²) < 4.78 is 16.4. The van der Waals surface area contributed by atoms with E-state index in [0.717, 1.165) is 51.0 Å². The second kappa shape index (κ2) is 14.0. The van der Waals surface area contributed by atoms with Crippen molar-refractivity contribution in [1.29, 1.82) is 0 Å². The van der Waals surface area contributed by atoms with Crippen LogP contribution in [-0.2, 0) is 16.0 Å². The molecule has 1 aliphatic rings. The van der Waals surface area contributed by atoms with Crippen molar-refractivity contribution in [3.8, 4) is 5.75 Å². The van der Waals surface area contributed by atoms with Crippen molar-refractivity contribution >= 4 is 29.9 Å². The summed E-state index contributed by atoms with van der Waals surface area (Å²) in [6, 6.07) is 8.27. The SMILES string of the molecule is CN=C(NCc1ccc(OCC(C)C)cc1)N1CCC(COCCOC)C1.I. The summed E-state index contributed by atoms with van der Waals surface area (Å²) in [7, 11) is 3.54. The van der Waals surface area contributed by atoms with Crippen LogP contribution in [0.25, 0.3) is 0 Å². The Balaban J connectivity index is 0.00000392. The van der Waals surface area contributed by atoms with E-state index in [-0.39, 0.29) is 24.0 Å². The topological polar surface area (TPSA) is 55.3 Å². The lowest BCUT2D eigenvalue weighted by molar-refractivity contribution is 0.0536. The molecule has 7 heteroatoms. The number of guanidine groups is 1. The van der Waals surface area contributed by atoms with Gasteiger partial charge in [-0.1, -0.05) is 26.0 Å². The first-order chi connectivity index (χ1) is 13.1. The highest BCUT2D eigenvalue weighted by molar-refractivity contribution is 14.0. The first kappa shape index (κ1) is 25.0. The molecule has 28 heavy (non-hydrogen) atoms. The van der Waals surface area contributed by atoms with Crippen LogP contribution in [0.15, 0.2) is 29.3 Å². The van der Waals surface area contributed by atoms with Crippen LogP contribution in [0.3, 0.4) is 0 Å². The number of aliphatic imine (C=N–C) groups is 1. The Morgan fingerprint density at radius 1 is 1.25 bits per heavy atom. The van der Waals surface area contributed by atoms with Crippen LogP contribution in [0.2, 0.25) is 0 Å². The van der Waals surface area contributed by atoms with Crippen LogP contribution in [0.4, 0.5) is 0 Å². The molecule has 2 rings (SSSR count). The van der Waals surface area contributed by atoms with Gasteiger partial charge in [0.25, 0.3) is 0 Å². The molecule has 0 aromatic heterocycles. The Morgan fingerprint density at radius 2 is 2.00 bits per heavy atom. The number of methoxy groups -OCH3 is 1. The normalized spacial score (nSPS) is 17.0. The fourth-order valence-electron chi connectivity index (χ4n) is 3.03. The Hall–Kier alpha value is -1.06. The average molecular weight is 505 g/mol. The van der Waals surface area contributed by atoms with Crippen molar-refractivity contribution < 1.29 is 14.2 Å². The summed E-state index contributed by atoms with van der Waals surface area (Å²) in [6.07, 6.45) is 1.13. The number of nitrogens with one attached hydrogen (secondary N) is 1. The molecule has 0 spiro atoms.